The Hall–Kier alpha value is -1.89. The lowest BCUT2D eigenvalue weighted by Gasteiger charge is -2.25. The van der Waals surface area contributed by atoms with Crippen molar-refractivity contribution in [2.75, 3.05) is 6.54 Å². The van der Waals surface area contributed by atoms with Crippen LogP contribution >= 0.6 is 11.6 Å². The Labute approximate surface area is 165 Å². The molecule has 1 aliphatic rings. The van der Waals surface area contributed by atoms with E-state index in [1.165, 1.54) is 4.31 Å². The van der Waals surface area contributed by atoms with E-state index in [9.17, 15) is 13.2 Å². The van der Waals surface area contributed by atoms with Crippen molar-refractivity contribution in [2.24, 2.45) is 0 Å². The first-order chi connectivity index (χ1) is 12.9. The molecule has 0 bridgehead atoms. The van der Waals surface area contributed by atoms with Crippen LogP contribution < -0.4 is 5.32 Å². The Morgan fingerprint density at radius 2 is 1.96 bits per heavy atom. The van der Waals surface area contributed by atoms with Crippen molar-refractivity contribution >= 4 is 27.5 Å². The van der Waals surface area contributed by atoms with Crippen LogP contribution in [0.1, 0.15) is 25.3 Å². The van der Waals surface area contributed by atoms with E-state index in [0.717, 1.165) is 5.56 Å². The van der Waals surface area contributed by atoms with Gasteiger partial charge in [0.2, 0.25) is 15.9 Å². The average molecular weight is 407 g/mol. The number of nitrogens with one attached hydrogen (secondary N) is 1. The minimum atomic E-state index is -3.68. The second-order valence-corrected chi connectivity index (χ2v) is 9.16. The van der Waals surface area contributed by atoms with Gasteiger partial charge in [-0.15, -0.1) is 0 Å². The first-order valence-electron chi connectivity index (χ1n) is 8.99. The fraction of sp³-hybridized carbons (Fsp3) is 0.350. The van der Waals surface area contributed by atoms with Gasteiger partial charge in [0.1, 0.15) is 6.04 Å². The molecule has 5 nitrogen and oxygen atoms in total. The van der Waals surface area contributed by atoms with Gasteiger partial charge in [0, 0.05) is 17.6 Å². The number of carbonyl (C=O) groups is 1. The van der Waals surface area contributed by atoms with Crippen molar-refractivity contribution in [3.05, 3.63) is 65.2 Å². The summed E-state index contributed by atoms with van der Waals surface area (Å²) >= 11 is 6.00. The molecule has 2 aromatic carbocycles. The first-order valence-corrected chi connectivity index (χ1v) is 10.8. The molecule has 0 radical (unpaired) electrons. The van der Waals surface area contributed by atoms with Crippen molar-refractivity contribution in [3.63, 3.8) is 0 Å². The van der Waals surface area contributed by atoms with Crippen LogP contribution in [-0.4, -0.2) is 37.3 Å². The summed E-state index contributed by atoms with van der Waals surface area (Å²) in [5.41, 5.74) is 1.02. The molecule has 1 saturated heterocycles. The first kappa shape index (κ1) is 19.9. The van der Waals surface area contributed by atoms with E-state index < -0.39 is 16.1 Å². The van der Waals surface area contributed by atoms with Crippen molar-refractivity contribution in [1.82, 2.24) is 9.62 Å². The lowest BCUT2D eigenvalue weighted by Crippen LogP contribution is -2.48. The van der Waals surface area contributed by atoms with Crippen LogP contribution in [0.25, 0.3) is 0 Å². The fourth-order valence-electron chi connectivity index (χ4n) is 3.43. The van der Waals surface area contributed by atoms with E-state index >= 15 is 0 Å². The highest BCUT2D eigenvalue weighted by Crippen LogP contribution is 2.26. The average Bonchev–Trinajstić information content (AvgIpc) is 3.13. The molecule has 0 aliphatic carbocycles. The largest absolute Gasteiger partial charge is 0.352 e. The third-order valence-corrected chi connectivity index (χ3v) is 6.83. The Kier molecular flexibility index (Phi) is 6.19. The summed E-state index contributed by atoms with van der Waals surface area (Å²) in [7, 11) is -3.68. The van der Waals surface area contributed by atoms with E-state index in [0.29, 0.717) is 30.8 Å². The topological polar surface area (TPSA) is 66.5 Å². The SMILES string of the molecule is C[C@@H](Cc1cccc(Cl)c1)NC(=O)[C@H]1CCCN1S(=O)(=O)c1ccccc1. The van der Waals surface area contributed by atoms with Gasteiger partial charge in [-0.05, 0) is 56.0 Å². The Bertz CT molecular complexity index is 902. The number of nitrogens with zero attached hydrogens (tertiary/aromatic N) is 1. The van der Waals surface area contributed by atoms with Gasteiger partial charge in [0.05, 0.1) is 4.90 Å². The predicted molar refractivity (Wildman–Crippen MR) is 106 cm³/mol. The molecule has 0 saturated carbocycles. The maximum Gasteiger partial charge on any atom is 0.243 e. The number of carbonyl (C=O) groups excluding carboxylic acids is 1. The lowest BCUT2D eigenvalue weighted by atomic mass is 10.1. The summed E-state index contributed by atoms with van der Waals surface area (Å²) in [6.07, 6.45) is 1.83. The van der Waals surface area contributed by atoms with Crippen LogP contribution in [0.2, 0.25) is 5.02 Å². The highest BCUT2D eigenvalue weighted by molar-refractivity contribution is 7.89. The molecule has 1 heterocycles. The Morgan fingerprint density at radius 1 is 1.22 bits per heavy atom. The predicted octanol–water partition coefficient (Wildman–Crippen LogP) is 3.24. The smallest absolute Gasteiger partial charge is 0.243 e. The molecule has 1 fully saturated rings. The van der Waals surface area contributed by atoms with Gasteiger partial charge in [-0.25, -0.2) is 8.42 Å². The molecule has 27 heavy (non-hydrogen) atoms. The summed E-state index contributed by atoms with van der Waals surface area (Å²) in [5.74, 6) is -0.249. The van der Waals surface area contributed by atoms with Crippen molar-refractivity contribution in [3.8, 4) is 0 Å². The standard InChI is InChI=1S/C20H23ClN2O3S/c1-15(13-16-7-5-8-17(21)14-16)22-20(24)19-11-6-12-23(19)27(25,26)18-9-3-2-4-10-18/h2-5,7-10,14-15,19H,6,11-13H2,1H3,(H,22,24)/t15-,19+/m0/s1. The fourth-order valence-corrected chi connectivity index (χ4v) is 5.32. The van der Waals surface area contributed by atoms with Gasteiger partial charge in [-0.1, -0.05) is 41.9 Å². The van der Waals surface area contributed by atoms with Crippen LogP contribution in [0.15, 0.2) is 59.5 Å². The summed E-state index contributed by atoms with van der Waals surface area (Å²) < 4.78 is 27.1. The second-order valence-electron chi connectivity index (χ2n) is 6.83. The number of sulfonamides is 1. The van der Waals surface area contributed by atoms with Gasteiger partial charge in [0.15, 0.2) is 0 Å². The molecule has 7 heteroatoms. The van der Waals surface area contributed by atoms with Crippen LogP contribution in [-0.2, 0) is 21.2 Å². The summed E-state index contributed by atoms with van der Waals surface area (Å²) in [4.78, 5) is 13.0. The third-order valence-electron chi connectivity index (χ3n) is 4.68. The summed E-state index contributed by atoms with van der Waals surface area (Å²) in [6, 6.07) is 15.0. The van der Waals surface area contributed by atoms with E-state index in [1.54, 1.807) is 36.4 Å². The normalized spacial score (nSPS) is 19.0. The third kappa shape index (κ3) is 4.69. The van der Waals surface area contributed by atoms with Gasteiger partial charge < -0.3 is 5.32 Å². The number of amides is 1. The second kappa shape index (κ2) is 8.42. The molecule has 144 valence electrons. The molecule has 3 rings (SSSR count). The molecule has 1 amide bonds. The molecule has 2 atom stereocenters. The lowest BCUT2D eigenvalue weighted by molar-refractivity contribution is -0.124. The summed E-state index contributed by atoms with van der Waals surface area (Å²) in [5, 5.41) is 3.61. The van der Waals surface area contributed by atoms with Crippen molar-refractivity contribution in [2.45, 2.75) is 43.2 Å². The maximum atomic E-state index is 12.9. The van der Waals surface area contributed by atoms with Crippen molar-refractivity contribution in [1.29, 1.82) is 0 Å². The number of rotatable bonds is 6. The van der Waals surface area contributed by atoms with Gasteiger partial charge in [-0.2, -0.15) is 4.31 Å². The highest BCUT2D eigenvalue weighted by Gasteiger charge is 2.39. The number of halogens is 1. The van der Waals surface area contributed by atoms with Crippen molar-refractivity contribution < 1.29 is 13.2 Å². The molecular formula is C20H23ClN2O3S. The van der Waals surface area contributed by atoms with Crippen LogP contribution in [0, 0.1) is 0 Å². The van der Waals surface area contributed by atoms with E-state index in [-0.39, 0.29) is 16.8 Å². The summed E-state index contributed by atoms with van der Waals surface area (Å²) in [6.45, 7) is 2.27. The minimum absolute atomic E-state index is 0.127. The zero-order valence-corrected chi connectivity index (χ0v) is 16.7. The van der Waals surface area contributed by atoms with E-state index in [2.05, 4.69) is 5.32 Å². The Balaban J connectivity index is 1.68. The van der Waals surface area contributed by atoms with E-state index in [1.807, 2.05) is 25.1 Å². The molecule has 0 unspecified atom stereocenters. The molecule has 1 N–H and O–H groups in total. The monoisotopic (exact) mass is 406 g/mol. The quantitative estimate of drug-likeness (QED) is 0.800. The van der Waals surface area contributed by atoms with Gasteiger partial charge >= 0.3 is 0 Å². The molecule has 0 aromatic heterocycles. The molecule has 0 spiro atoms. The van der Waals surface area contributed by atoms with Crippen LogP contribution in [0.5, 0.6) is 0 Å². The van der Waals surface area contributed by atoms with E-state index in [4.69, 9.17) is 11.6 Å². The number of benzene rings is 2. The molecular weight excluding hydrogens is 384 g/mol. The van der Waals surface area contributed by atoms with Crippen LogP contribution in [0.4, 0.5) is 0 Å². The number of hydrogen-bond donors (Lipinski definition) is 1. The number of hydrogen-bond acceptors (Lipinski definition) is 3. The molecule has 2 aromatic rings. The zero-order valence-electron chi connectivity index (χ0n) is 15.1. The maximum absolute atomic E-state index is 12.9. The van der Waals surface area contributed by atoms with Gasteiger partial charge in [0.25, 0.3) is 0 Å². The molecule has 1 aliphatic heterocycles. The van der Waals surface area contributed by atoms with Gasteiger partial charge in [-0.3, -0.25) is 4.79 Å². The zero-order chi connectivity index (χ0) is 19.4. The Morgan fingerprint density at radius 3 is 2.67 bits per heavy atom. The minimum Gasteiger partial charge on any atom is -0.352 e. The highest BCUT2D eigenvalue weighted by atomic mass is 35.5. The van der Waals surface area contributed by atoms with Crippen LogP contribution in [0.3, 0.4) is 0 Å².